The van der Waals surface area contributed by atoms with Gasteiger partial charge in [-0.1, -0.05) is 48.5 Å². The van der Waals surface area contributed by atoms with E-state index in [1.165, 1.54) is 4.90 Å². The molecule has 2 heterocycles. The van der Waals surface area contributed by atoms with E-state index in [4.69, 9.17) is 9.47 Å². The van der Waals surface area contributed by atoms with Crippen molar-refractivity contribution in [1.29, 1.82) is 0 Å². The van der Waals surface area contributed by atoms with Gasteiger partial charge in [0.2, 0.25) is 18.6 Å². The van der Waals surface area contributed by atoms with E-state index in [9.17, 15) is 14.4 Å². The number of nitrogens with one attached hydrogen (secondary N) is 3. The predicted octanol–water partition coefficient (Wildman–Crippen LogP) is 2.81. The highest BCUT2D eigenvalue weighted by atomic mass is 16.7. The molecule has 0 unspecified atom stereocenters. The molecule has 0 saturated heterocycles. The Morgan fingerprint density at radius 2 is 1.71 bits per heavy atom. The Balaban J connectivity index is 1.32. The molecule has 3 N–H and O–H groups in total. The molecule has 5 rings (SSSR count). The van der Waals surface area contributed by atoms with Gasteiger partial charge in [0.15, 0.2) is 11.5 Å². The summed E-state index contributed by atoms with van der Waals surface area (Å²) in [7, 11) is 0. The number of para-hydroxylation sites is 2. The van der Waals surface area contributed by atoms with Gasteiger partial charge in [-0.15, -0.1) is 0 Å². The molecule has 0 aliphatic carbocycles. The molecule has 2 aliphatic heterocycles. The highest BCUT2D eigenvalue weighted by Crippen LogP contribution is 2.32. The molecule has 3 aromatic rings. The predicted molar refractivity (Wildman–Crippen MR) is 129 cm³/mol. The lowest BCUT2D eigenvalue weighted by atomic mass is 10.0. The highest BCUT2D eigenvalue weighted by Gasteiger charge is 2.30. The van der Waals surface area contributed by atoms with Crippen LogP contribution in [0.5, 0.6) is 11.5 Å². The van der Waals surface area contributed by atoms with E-state index in [0.29, 0.717) is 29.3 Å². The molecule has 178 valence electrons. The van der Waals surface area contributed by atoms with Crippen molar-refractivity contribution < 1.29 is 23.9 Å². The monoisotopic (exact) mass is 472 g/mol. The first-order chi connectivity index (χ1) is 17.1. The molecule has 35 heavy (non-hydrogen) atoms. The van der Waals surface area contributed by atoms with Gasteiger partial charge < -0.3 is 25.4 Å². The van der Waals surface area contributed by atoms with Crippen molar-refractivity contribution in [2.45, 2.75) is 19.0 Å². The number of rotatable bonds is 6. The lowest BCUT2D eigenvalue weighted by Gasteiger charge is -2.30. The van der Waals surface area contributed by atoms with Crippen molar-refractivity contribution in [2.24, 2.45) is 0 Å². The molecule has 9 nitrogen and oxygen atoms in total. The van der Waals surface area contributed by atoms with Crippen LogP contribution in [0.15, 0.2) is 72.8 Å². The van der Waals surface area contributed by atoms with Gasteiger partial charge in [0, 0.05) is 13.0 Å². The van der Waals surface area contributed by atoms with Gasteiger partial charge in [-0.05, 0) is 35.4 Å². The standard InChI is InChI=1S/C26H24N4O5/c31-24-15-30(21-9-5-4-8-19(21)28-24)26(33)29-20(12-17-6-2-1-3-7-17)25(32)27-14-18-10-11-22-23(13-18)35-16-34-22/h1-11,13,20H,12,14-16H2,(H,27,32)(H,28,31)(H,29,33)/t20-/m1/s1. The molecule has 3 aromatic carbocycles. The zero-order chi connectivity index (χ0) is 24.2. The van der Waals surface area contributed by atoms with Gasteiger partial charge in [-0.2, -0.15) is 0 Å². The number of hydrogen-bond acceptors (Lipinski definition) is 5. The molecule has 4 amide bonds. The fourth-order valence-electron chi connectivity index (χ4n) is 4.06. The smallest absolute Gasteiger partial charge is 0.323 e. The van der Waals surface area contributed by atoms with E-state index >= 15 is 0 Å². The first-order valence-electron chi connectivity index (χ1n) is 11.2. The van der Waals surface area contributed by atoms with Gasteiger partial charge in [-0.25, -0.2) is 4.79 Å². The van der Waals surface area contributed by atoms with E-state index in [1.54, 1.807) is 30.3 Å². The maximum absolute atomic E-state index is 13.2. The van der Waals surface area contributed by atoms with Gasteiger partial charge in [0.1, 0.15) is 12.6 Å². The molecule has 0 aromatic heterocycles. The third-order valence-corrected chi connectivity index (χ3v) is 5.82. The van der Waals surface area contributed by atoms with Crippen molar-refractivity contribution in [3.8, 4) is 11.5 Å². The quantitative estimate of drug-likeness (QED) is 0.511. The average Bonchev–Trinajstić information content (AvgIpc) is 3.35. The highest BCUT2D eigenvalue weighted by molar-refractivity contribution is 6.10. The molecule has 0 bridgehead atoms. The SMILES string of the molecule is O=C1CN(C(=O)N[C@H](Cc2ccccc2)C(=O)NCc2ccc3c(c2)OCO3)c2ccccc2N1. The second kappa shape index (κ2) is 9.76. The topological polar surface area (TPSA) is 109 Å². The Kier molecular flexibility index (Phi) is 6.21. The van der Waals surface area contributed by atoms with Crippen LogP contribution < -0.4 is 30.3 Å². The molecule has 0 saturated carbocycles. The van der Waals surface area contributed by atoms with Crippen molar-refractivity contribution in [2.75, 3.05) is 23.6 Å². The Morgan fingerprint density at radius 1 is 0.943 bits per heavy atom. The van der Waals surface area contributed by atoms with Crippen molar-refractivity contribution in [1.82, 2.24) is 10.6 Å². The number of amides is 4. The van der Waals surface area contributed by atoms with Crippen molar-refractivity contribution in [3.05, 3.63) is 83.9 Å². The number of ether oxygens (including phenoxy) is 2. The Labute approximate surface area is 202 Å². The summed E-state index contributed by atoms with van der Waals surface area (Å²) in [5.74, 6) is 0.661. The zero-order valence-corrected chi connectivity index (χ0v) is 18.8. The fraction of sp³-hybridized carbons (Fsp3) is 0.192. The number of fused-ring (bicyclic) bond motifs is 2. The Hall–Kier alpha value is -4.53. The second-order valence-electron chi connectivity index (χ2n) is 8.25. The number of anilines is 2. The average molecular weight is 473 g/mol. The molecule has 1 atom stereocenters. The van der Waals surface area contributed by atoms with Crippen LogP contribution in [0.4, 0.5) is 16.2 Å². The minimum absolute atomic E-state index is 0.139. The molecule has 0 spiro atoms. The Bertz CT molecular complexity index is 1260. The number of carbonyl (C=O) groups excluding carboxylic acids is 3. The van der Waals surface area contributed by atoms with Crippen LogP contribution in [0.25, 0.3) is 0 Å². The van der Waals surface area contributed by atoms with Crippen molar-refractivity contribution >= 4 is 29.2 Å². The fourth-order valence-corrected chi connectivity index (χ4v) is 4.06. The van der Waals surface area contributed by atoms with Crippen LogP contribution in [-0.2, 0) is 22.6 Å². The van der Waals surface area contributed by atoms with E-state index in [1.807, 2.05) is 42.5 Å². The summed E-state index contributed by atoms with van der Waals surface area (Å²) in [5, 5.41) is 8.48. The minimum atomic E-state index is -0.851. The van der Waals surface area contributed by atoms with Crippen LogP contribution in [-0.4, -0.2) is 37.2 Å². The minimum Gasteiger partial charge on any atom is -0.454 e. The number of urea groups is 1. The van der Waals surface area contributed by atoms with Crippen molar-refractivity contribution in [3.63, 3.8) is 0 Å². The summed E-state index contributed by atoms with van der Waals surface area (Å²) in [6, 6.07) is 20.6. The number of nitrogens with zero attached hydrogens (tertiary/aromatic N) is 1. The maximum Gasteiger partial charge on any atom is 0.323 e. The molecule has 9 heteroatoms. The number of hydrogen-bond donors (Lipinski definition) is 3. The Morgan fingerprint density at radius 3 is 2.57 bits per heavy atom. The lowest BCUT2D eigenvalue weighted by molar-refractivity contribution is -0.123. The molecule has 0 fully saturated rings. The van der Waals surface area contributed by atoms with Gasteiger partial charge >= 0.3 is 6.03 Å². The van der Waals surface area contributed by atoms with Crippen LogP contribution in [0, 0.1) is 0 Å². The van der Waals surface area contributed by atoms with Crippen LogP contribution in [0.2, 0.25) is 0 Å². The first-order valence-corrected chi connectivity index (χ1v) is 11.2. The van der Waals surface area contributed by atoms with Gasteiger partial charge in [-0.3, -0.25) is 14.5 Å². The third-order valence-electron chi connectivity index (χ3n) is 5.82. The van der Waals surface area contributed by atoms with Crippen LogP contribution >= 0.6 is 0 Å². The van der Waals surface area contributed by atoms with E-state index in [2.05, 4.69) is 16.0 Å². The summed E-state index contributed by atoms with van der Waals surface area (Å²) in [5.41, 5.74) is 2.86. The van der Waals surface area contributed by atoms with E-state index < -0.39 is 12.1 Å². The van der Waals surface area contributed by atoms with Crippen LogP contribution in [0.3, 0.4) is 0 Å². The summed E-state index contributed by atoms with van der Waals surface area (Å²) in [6.45, 7) is 0.291. The largest absolute Gasteiger partial charge is 0.454 e. The third kappa shape index (κ3) is 5.03. The normalized spacial score (nSPS) is 14.5. The molecular formula is C26H24N4O5. The molecule has 2 aliphatic rings. The maximum atomic E-state index is 13.2. The van der Waals surface area contributed by atoms with Gasteiger partial charge in [0.25, 0.3) is 0 Å². The van der Waals surface area contributed by atoms with E-state index in [0.717, 1.165) is 11.1 Å². The summed E-state index contributed by atoms with van der Waals surface area (Å²) >= 11 is 0. The summed E-state index contributed by atoms with van der Waals surface area (Å²) in [6.07, 6.45) is 0.293. The second-order valence-corrected chi connectivity index (χ2v) is 8.25. The zero-order valence-electron chi connectivity index (χ0n) is 18.8. The molecule has 0 radical (unpaired) electrons. The summed E-state index contributed by atoms with van der Waals surface area (Å²) in [4.78, 5) is 39.9. The molecular weight excluding hydrogens is 448 g/mol. The first kappa shape index (κ1) is 22.3. The number of benzene rings is 3. The van der Waals surface area contributed by atoms with Gasteiger partial charge in [0.05, 0.1) is 11.4 Å². The summed E-state index contributed by atoms with van der Waals surface area (Å²) < 4.78 is 10.7. The van der Waals surface area contributed by atoms with Crippen LogP contribution in [0.1, 0.15) is 11.1 Å². The van der Waals surface area contributed by atoms with E-state index in [-0.39, 0.29) is 31.7 Å². The lowest BCUT2D eigenvalue weighted by Crippen LogP contribution is -2.54. The number of carbonyl (C=O) groups is 3.